The van der Waals surface area contributed by atoms with E-state index in [1.54, 1.807) is 12.1 Å². The second-order valence-corrected chi connectivity index (χ2v) is 7.39. The van der Waals surface area contributed by atoms with Crippen LogP contribution in [0.4, 0.5) is 5.69 Å². The number of benzene rings is 2. The van der Waals surface area contributed by atoms with Gasteiger partial charge in [-0.25, -0.2) is 0 Å². The van der Waals surface area contributed by atoms with Gasteiger partial charge in [-0.3, -0.25) is 9.69 Å². The molecule has 0 unspecified atom stereocenters. The van der Waals surface area contributed by atoms with Gasteiger partial charge in [-0.15, -0.1) is 0 Å². The highest BCUT2D eigenvalue weighted by Crippen LogP contribution is 2.36. The number of carbonyl (C=O) groups is 2. The third-order valence-electron chi connectivity index (χ3n) is 3.87. The molecule has 0 bridgehead atoms. The molecule has 126 valence electrons. The first-order valence-electron chi connectivity index (χ1n) is 7.53. The van der Waals surface area contributed by atoms with Crippen molar-refractivity contribution < 1.29 is 14.7 Å². The van der Waals surface area contributed by atoms with E-state index in [0.29, 0.717) is 14.9 Å². The summed E-state index contributed by atoms with van der Waals surface area (Å²) in [5.41, 5.74) is 3.81. The van der Waals surface area contributed by atoms with Crippen LogP contribution in [0.5, 0.6) is 0 Å². The third-order valence-corrected chi connectivity index (χ3v) is 5.17. The van der Waals surface area contributed by atoms with Gasteiger partial charge in [-0.1, -0.05) is 59.9 Å². The predicted octanol–water partition coefficient (Wildman–Crippen LogP) is 3.07. The molecular weight excluding hydrogens is 354 g/mol. The summed E-state index contributed by atoms with van der Waals surface area (Å²) in [5, 5.41) is 10.8. The van der Waals surface area contributed by atoms with Crippen molar-refractivity contribution >= 4 is 51.9 Å². The average Bonchev–Trinajstić information content (AvgIpc) is 2.84. The number of aromatic carboxylic acids is 1. The molecule has 1 heterocycles. The molecule has 1 aliphatic rings. The molecule has 0 atom stereocenters. The quantitative estimate of drug-likeness (QED) is 0.615. The van der Waals surface area contributed by atoms with Crippen LogP contribution in [-0.4, -0.2) is 16.2 Å². The fourth-order valence-corrected chi connectivity index (χ4v) is 3.86. The number of aryl methyl sites for hydroxylation is 2. The Bertz CT molecular complexity index is 917. The van der Waals surface area contributed by atoms with Crippen LogP contribution in [-0.2, 0) is 4.79 Å². The first-order valence-corrected chi connectivity index (χ1v) is 8.76. The van der Waals surface area contributed by atoms with E-state index in [9.17, 15) is 14.7 Å². The van der Waals surface area contributed by atoms with E-state index in [2.05, 4.69) is 6.07 Å². The minimum absolute atomic E-state index is 0.0556. The van der Waals surface area contributed by atoms with Crippen LogP contribution in [0.2, 0.25) is 0 Å². The topological polar surface area (TPSA) is 60.4 Å². The summed E-state index contributed by atoms with van der Waals surface area (Å²) >= 11 is 6.56. The van der Waals surface area contributed by atoms with Gasteiger partial charge in [0.05, 0.1) is 16.6 Å². The van der Waals surface area contributed by atoms with Gasteiger partial charge in [0.1, 0.15) is 0 Å². The van der Waals surface area contributed by atoms with E-state index in [4.69, 9.17) is 12.2 Å². The number of hydrogen-bond donors (Lipinski definition) is 0. The Morgan fingerprint density at radius 1 is 1.16 bits per heavy atom. The molecular formula is C19H14NO3S2-. The molecule has 1 saturated heterocycles. The molecule has 3 rings (SSSR count). The smallest absolute Gasteiger partial charge is 0.270 e. The number of rotatable bonds is 3. The van der Waals surface area contributed by atoms with Crippen molar-refractivity contribution in [1.82, 2.24) is 0 Å². The molecule has 4 nitrogen and oxygen atoms in total. The lowest BCUT2D eigenvalue weighted by Crippen LogP contribution is -2.28. The summed E-state index contributed by atoms with van der Waals surface area (Å²) in [7, 11) is 0. The Morgan fingerprint density at radius 2 is 1.84 bits per heavy atom. The van der Waals surface area contributed by atoms with Gasteiger partial charge in [-0.05, 0) is 48.7 Å². The Kier molecular flexibility index (Phi) is 4.74. The van der Waals surface area contributed by atoms with E-state index in [-0.39, 0.29) is 11.5 Å². The van der Waals surface area contributed by atoms with E-state index < -0.39 is 5.97 Å². The summed E-state index contributed by atoms with van der Waals surface area (Å²) < 4.78 is 0.419. The predicted molar refractivity (Wildman–Crippen MR) is 102 cm³/mol. The number of thiocarbonyl (C=S) groups is 1. The number of hydrogen-bond acceptors (Lipinski definition) is 5. The van der Waals surface area contributed by atoms with Crippen molar-refractivity contribution in [2.45, 2.75) is 13.8 Å². The number of amides is 1. The van der Waals surface area contributed by atoms with Crippen molar-refractivity contribution in [3.05, 3.63) is 69.6 Å². The standard InChI is InChI=1S/C19H15NO3S2/c1-11-3-4-14(12(2)9-11)10-16-17(21)20(19(24)25-16)15-7-5-13(6-8-15)18(22)23/h3-10H,1-2H3,(H,22,23)/p-1/b16-10-. The van der Waals surface area contributed by atoms with Crippen LogP contribution in [0.1, 0.15) is 27.0 Å². The van der Waals surface area contributed by atoms with Crippen molar-refractivity contribution in [3.63, 3.8) is 0 Å². The van der Waals surface area contributed by atoms with Crippen molar-refractivity contribution in [2.24, 2.45) is 0 Å². The Morgan fingerprint density at radius 3 is 2.44 bits per heavy atom. The maximum atomic E-state index is 12.7. The molecule has 1 amide bonds. The van der Waals surface area contributed by atoms with Crippen molar-refractivity contribution in [3.8, 4) is 0 Å². The molecule has 0 radical (unpaired) electrons. The molecule has 0 spiro atoms. The van der Waals surface area contributed by atoms with Crippen LogP contribution in [0, 0.1) is 13.8 Å². The van der Waals surface area contributed by atoms with Crippen LogP contribution in [0.25, 0.3) is 6.08 Å². The van der Waals surface area contributed by atoms with Gasteiger partial charge in [0.2, 0.25) is 0 Å². The van der Waals surface area contributed by atoms with Gasteiger partial charge in [0.15, 0.2) is 4.32 Å². The number of anilines is 1. The highest BCUT2D eigenvalue weighted by atomic mass is 32.2. The van der Waals surface area contributed by atoms with Gasteiger partial charge >= 0.3 is 0 Å². The van der Waals surface area contributed by atoms with Crippen molar-refractivity contribution in [1.29, 1.82) is 0 Å². The molecule has 0 aliphatic carbocycles. The summed E-state index contributed by atoms with van der Waals surface area (Å²) in [6.07, 6.45) is 1.84. The van der Waals surface area contributed by atoms with Crippen LogP contribution < -0.4 is 10.0 Å². The molecule has 2 aromatic carbocycles. The van der Waals surface area contributed by atoms with E-state index in [1.165, 1.54) is 28.8 Å². The fraction of sp³-hybridized carbons (Fsp3) is 0.105. The van der Waals surface area contributed by atoms with Gasteiger partial charge in [-0.2, -0.15) is 0 Å². The zero-order valence-electron chi connectivity index (χ0n) is 13.6. The van der Waals surface area contributed by atoms with Crippen LogP contribution in [0.15, 0.2) is 47.4 Å². The number of nitrogens with zero attached hydrogens (tertiary/aromatic N) is 1. The molecule has 1 fully saturated rings. The third kappa shape index (κ3) is 3.50. The minimum Gasteiger partial charge on any atom is -0.545 e. The molecule has 1 aliphatic heterocycles. The minimum atomic E-state index is -1.26. The van der Waals surface area contributed by atoms with Crippen molar-refractivity contribution in [2.75, 3.05) is 4.90 Å². The lowest BCUT2D eigenvalue weighted by Gasteiger charge is -2.15. The second-order valence-electron chi connectivity index (χ2n) is 5.71. The van der Waals surface area contributed by atoms with Gasteiger partial charge in [0.25, 0.3) is 5.91 Å². The van der Waals surface area contributed by atoms with E-state index in [1.807, 2.05) is 32.1 Å². The SMILES string of the molecule is Cc1ccc(/C=C2\SC(=S)N(c3ccc(C(=O)[O-])cc3)C2=O)c(C)c1. The number of thioether (sulfide) groups is 1. The zero-order valence-corrected chi connectivity index (χ0v) is 15.2. The highest BCUT2D eigenvalue weighted by Gasteiger charge is 2.33. The largest absolute Gasteiger partial charge is 0.545 e. The Labute approximate surface area is 155 Å². The highest BCUT2D eigenvalue weighted by molar-refractivity contribution is 8.27. The lowest BCUT2D eigenvalue weighted by atomic mass is 10.1. The number of carbonyl (C=O) groups excluding carboxylic acids is 2. The van der Waals surface area contributed by atoms with Gasteiger partial charge in [0, 0.05) is 0 Å². The number of carboxylic acids is 1. The maximum Gasteiger partial charge on any atom is 0.270 e. The first kappa shape index (κ1) is 17.4. The van der Waals surface area contributed by atoms with E-state index in [0.717, 1.165) is 16.7 Å². The molecule has 0 N–H and O–H groups in total. The van der Waals surface area contributed by atoms with Gasteiger partial charge < -0.3 is 9.90 Å². The Balaban J connectivity index is 1.92. The average molecular weight is 368 g/mol. The molecule has 2 aromatic rings. The molecule has 6 heteroatoms. The summed E-state index contributed by atoms with van der Waals surface area (Å²) in [5.74, 6) is -1.47. The molecule has 0 saturated carbocycles. The summed E-state index contributed by atoms with van der Waals surface area (Å²) in [6.45, 7) is 4.02. The Hall–Kier alpha value is -2.44. The lowest BCUT2D eigenvalue weighted by molar-refractivity contribution is -0.255. The normalized spacial score (nSPS) is 15.9. The second kappa shape index (κ2) is 6.82. The van der Waals surface area contributed by atoms with Crippen LogP contribution in [0.3, 0.4) is 0 Å². The summed E-state index contributed by atoms with van der Waals surface area (Å²) in [4.78, 5) is 25.5. The van der Waals surface area contributed by atoms with Crippen LogP contribution >= 0.6 is 24.0 Å². The molecule has 0 aromatic heterocycles. The fourth-order valence-electron chi connectivity index (χ4n) is 2.57. The monoisotopic (exact) mass is 368 g/mol. The molecule has 25 heavy (non-hydrogen) atoms. The zero-order chi connectivity index (χ0) is 18.1. The number of carboxylic acid groups (broad SMARTS) is 1. The van der Waals surface area contributed by atoms with E-state index >= 15 is 0 Å². The maximum absolute atomic E-state index is 12.7. The summed E-state index contributed by atoms with van der Waals surface area (Å²) in [6, 6.07) is 11.9. The first-order chi connectivity index (χ1) is 11.9.